The van der Waals surface area contributed by atoms with Gasteiger partial charge in [-0.1, -0.05) is 18.2 Å². The number of hydrogen-bond donors (Lipinski definition) is 2. The highest BCUT2D eigenvalue weighted by atomic mass is 32.2. The smallest absolute Gasteiger partial charge is 0.351 e. The minimum atomic E-state index is -4.55. The van der Waals surface area contributed by atoms with Crippen molar-refractivity contribution in [2.24, 2.45) is 0 Å². The summed E-state index contributed by atoms with van der Waals surface area (Å²) in [6, 6.07) is 12.3. The molecule has 0 spiro atoms. The number of amides is 2. The van der Waals surface area contributed by atoms with Gasteiger partial charge in [0, 0.05) is 63.5 Å². The monoisotopic (exact) mass is 793 g/mol. The number of nitrogens with one attached hydrogen (secondary N) is 2. The number of urea groups is 1. The molecule has 4 heterocycles. The van der Waals surface area contributed by atoms with Gasteiger partial charge in [0.1, 0.15) is 23.8 Å². The number of piperidine rings is 2. The zero-order valence-electron chi connectivity index (χ0n) is 29.9. The zero-order chi connectivity index (χ0) is 39.3. The van der Waals surface area contributed by atoms with Crippen molar-refractivity contribution in [1.29, 1.82) is 0 Å². The lowest BCUT2D eigenvalue weighted by atomic mass is 9.89. The first-order chi connectivity index (χ1) is 26.2. The highest BCUT2D eigenvalue weighted by Crippen LogP contribution is 2.35. The van der Waals surface area contributed by atoms with Crippen molar-refractivity contribution in [3.8, 4) is 0 Å². The van der Waals surface area contributed by atoms with Gasteiger partial charge in [-0.25, -0.2) is 23.3 Å². The number of carbonyl (C=O) groups excluding carboxylic acids is 2. The van der Waals surface area contributed by atoms with Crippen molar-refractivity contribution in [3.05, 3.63) is 71.5 Å². The number of alkyl halides is 6. The van der Waals surface area contributed by atoms with E-state index in [2.05, 4.69) is 30.6 Å². The Kier molecular flexibility index (Phi) is 12.4. The molecule has 2 aliphatic rings. The zero-order valence-corrected chi connectivity index (χ0v) is 30.8. The maximum atomic E-state index is 13.6. The normalized spacial score (nSPS) is 17.3. The molecule has 0 aliphatic carbocycles. The molecular formula is C36H41F6N9O3S. The van der Waals surface area contributed by atoms with Crippen LogP contribution in [0.2, 0.25) is 0 Å². The molecule has 0 bridgehead atoms. The van der Waals surface area contributed by atoms with Crippen molar-refractivity contribution >= 4 is 46.0 Å². The molecule has 2 saturated heterocycles. The van der Waals surface area contributed by atoms with Gasteiger partial charge in [0.25, 0.3) is 0 Å². The van der Waals surface area contributed by atoms with Crippen molar-refractivity contribution in [1.82, 2.24) is 34.3 Å². The second-order valence-corrected chi connectivity index (χ2v) is 15.1. The summed E-state index contributed by atoms with van der Waals surface area (Å²) in [5.41, 5.74) is 1.22. The third-order valence-corrected chi connectivity index (χ3v) is 11.3. The van der Waals surface area contributed by atoms with Crippen molar-refractivity contribution in [3.63, 3.8) is 0 Å². The predicted octanol–water partition coefficient (Wildman–Crippen LogP) is 6.12. The first-order valence-electron chi connectivity index (χ1n) is 17.9. The molecule has 296 valence electrons. The maximum Gasteiger partial charge on any atom is 0.419 e. The van der Waals surface area contributed by atoms with Crippen LogP contribution in [0.25, 0.3) is 10.9 Å². The Morgan fingerprint density at radius 3 is 2.33 bits per heavy atom. The SMILES string of the molecule is CNC(=O)N(CCC=O)c1nn(CC(F)(F)F)c2cc(C3CCN(Cc4cccc(S(=O)N5CCC(Nc6ncc(C(F)(F)F)cn6)CC5)c4)CC3)ccc12. The van der Waals surface area contributed by atoms with E-state index < -0.39 is 41.5 Å². The maximum absolute atomic E-state index is 13.6. The molecule has 0 radical (unpaired) electrons. The van der Waals surface area contributed by atoms with Gasteiger partial charge in [0.05, 0.1) is 16.0 Å². The van der Waals surface area contributed by atoms with E-state index in [9.17, 15) is 40.1 Å². The van der Waals surface area contributed by atoms with Crippen LogP contribution in [0.15, 0.2) is 59.8 Å². The van der Waals surface area contributed by atoms with Crippen molar-refractivity contribution in [2.75, 3.05) is 50.0 Å². The molecule has 1 unspecified atom stereocenters. The quantitative estimate of drug-likeness (QED) is 0.130. The molecule has 55 heavy (non-hydrogen) atoms. The molecule has 2 aromatic carbocycles. The van der Waals surface area contributed by atoms with Crippen molar-refractivity contribution < 1.29 is 40.1 Å². The fourth-order valence-corrected chi connectivity index (χ4v) is 8.31. The third kappa shape index (κ3) is 9.98. The first kappa shape index (κ1) is 40.1. The Morgan fingerprint density at radius 1 is 0.982 bits per heavy atom. The molecule has 6 rings (SSSR count). The molecule has 2 aromatic heterocycles. The molecule has 1 atom stereocenters. The van der Waals surface area contributed by atoms with Gasteiger partial charge >= 0.3 is 18.4 Å². The van der Waals surface area contributed by atoms with E-state index in [0.717, 1.165) is 54.1 Å². The average Bonchev–Trinajstić information content (AvgIpc) is 3.50. The standard InChI is InChI=1S/C36H41F6N9O3S/c1-43-34(53)50(12-3-17-52)32-30-7-6-26(19-31(30)51(47-32)23-35(37,38)39)25-8-13-48(14-9-25)22-24-4-2-5-29(18-24)55(54)49-15-10-28(11-16-49)46-33-44-20-27(21-45-33)36(40,41)42/h2,4-7,17-21,25,28H,3,8-16,22-23H2,1H3,(H,43,53)(H,44,45,46). The minimum Gasteiger partial charge on any atom is -0.351 e. The lowest BCUT2D eigenvalue weighted by molar-refractivity contribution is -0.142. The molecular weight excluding hydrogens is 753 g/mol. The molecule has 2 N–H and O–H groups in total. The number of rotatable bonds is 12. The highest BCUT2D eigenvalue weighted by Gasteiger charge is 2.33. The summed E-state index contributed by atoms with van der Waals surface area (Å²) in [5, 5.41) is 10.1. The molecule has 19 heteroatoms. The van der Waals surface area contributed by atoms with Crippen LogP contribution in [0, 0.1) is 0 Å². The van der Waals surface area contributed by atoms with E-state index in [-0.39, 0.29) is 42.2 Å². The molecule has 2 aliphatic heterocycles. The number of halogens is 6. The number of carbonyl (C=O) groups is 2. The van der Waals surface area contributed by atoms with E-state index >= 15 is 0 Å². The van der Waals surface area contributed by atoms with Crippen LogP contribution < -0.4 is 15.5 Å². The molecule has 4 aromatic rings. The number of anilines is 2. The van der Waals surface area contributed by atoms with Crippen molar-refractivity contribution in [2.45, 2.75) is 74.4 Å². The van der Waals surface area contributed by atoms with Crippen LogP contribution in [0.4, 0.5) is 42.9 Å². The second kappa shape index (κ2) is 17.0. The predicted molar refractivity (Wildman–Crippen MR) is 194 cm³/mol. The van der Waals surface area contributed by atoms with Crippen LogP contribution in [0.3, 0.4) is 0 Å². The van der Waals surface area contributed by atoms with Crippen LogP contribution >= 0.6 is 0 Å². The lowest BCUT2D eigenvalue weighted by Gasteiger charge is -2.33. The van der Waals surface area contributed by atoms with Crippen LogP contribution in [0.5, 0.6) is 0 Å². The van der Waals surface area contributed by atoms with Gasteiger partial charge in [-0.15, -0.1) is 0 Å². The van der Waals surface area contributed by atoms with Gasteiger partial charge in [-0.2, -0.15) is 31.4 Å². The first-order valence-corrected chi connectivity index (χ1v) is 19.0. The van der Waals surface area contributed by atoms with E-state index in [1.165, 1.54) is 11.9 Å². The number of aldehydes is 1. The van der Waals surface area contributed by atoms with E-state index in [4.69, 9.17) is 0 Å². The molecule has 0 saturated carbocycles. The summed E-state index contributed by atoms with van der Waals surface area (Å²) >= 11 is 0. The summed E-state index contributed by atoms with van der Waals surface area (Å²) in [4.78, 5) is 35.4. The van der Waals surface area contributed by atoms with Gasteiger partial charge in [-0.05, 0) is 80.1 Å². The van der Waals surface area contributed by atoms with Crippen LogP contribution in [0.1, 0.15) is 54.7 Å². The Bertz CT molecular complexity index is 1980. The molecule has 2 amide bonds. The number of nitrogens with zero attached hydrogens (tertiary/aromatic N) is 7. The fraction of sp³-hybridized carbons (Fsp3) is 0.472. The van der Waals surface area contributed by atoms with Crippen LogP contribution in [-0.2, 0) is 35.0 Å². The van der Waals surface area contributed by atoms with Crippen LogP contribution in [-0.4, -0.2) is 97.5 Å². The van der Waals surface area contributed by atoms with Gasteiger partial charge in [-0.3, -0.25) is 14.5 Å². The topological polar surface area (TPSA) is 129 Å². The number of benzene rings is 2. The summed E-state index contributed by atoms with van der Waals surface area (Å²) in [6.07, 6.45) is -4.19. The number of aromatic nitrogens is 4. The Hall–Kier alpha value is -4.62. The number of fused-ring (bicyclic) bond motifs is 1. The summed E-state index contributed by atoms with van der Waals surface area (Å²) in [6.45, 7) is 1.77. The third-order valence-electron chi connectivity index (χ3n) is 9.84. The average molecular weight is 794 g/mol. The number of hydrogen-bond acceptors (Lipinski definition) is 8. The van der Waals surface area contributed by atoms with Gasteiger partial charge in [0.15, 0.2) is 5.82 Å². The summed E-state index contributed by atoms with van der Waals surface area (Å²) in [5.74, 6) is 0.260. The summed E-state index contributed by atoms with van der Waals surface area (Å²) < 4.78 is 95.6. The fourth-order valence-electron chi connectivity index (χ4n) is 7.02. The highest BCUT2D eigenvalue weighted by molar-refractivity contribution is 7.82. The van der Waals surface area contributed by atoms with E-state index in [1.807, 2.05) is 34.6 Å². The lowest BCUT2D eigenvalue weighted by Crippen LogP contribution is -2.40. The minimum absolute atomic E-state index is 0.00750. The Morgan fingerprint density at radius 2 is 1.69 bits per heavy atom. The Balaban J connectivity index is 1.05. The van der Waals surface area contributed by atoms with Gasteiger partial charge < -0.3 is 15.4 Å². The van der Waals surface area contributed by atoms with E-state index in [0.29, 0.717) is 49.0 Å². The largest absolute Gasteiger partial charge is 0.419 e. The Labute approximate surface area is 315 Å². The van der Waals surface area contributed by atoms with Gasteiger partial charge in [0.2, 0.25) is 5.95 Å². The second-order valence-electron chi connectivity index (χ2n) is 13.6. The molecule has 12 nitrogen and oxygen atoms in total. The number of likely N-dealkylation sites (tertiary alicyclic amines) is 1. The summed E-state index contributed by atoms with van der Waals surface area (Å²) in [7, 11) is -0.00980. The molecule has 2 fully saturated rings. The van der Waals surface area contributed by atoms with E-state index in [1.54, 1.807) is 12.1 Å².